The number of methoxy groups -OCH3 is 1. The average molecular weight is 383 g/mol. The molecule has 0 bridgehead atoms. The molecule has 0 aliphatic rings. The largest absolute Gasteiger partial charge is 0.380 e. The van der Waals surface area contributed by atoms with Crippen LogP contribution < -0.4 is 5.32 Å². The highest BCUT2D eigenvalue weighted by molar-refractivity contribution is 6.07. The van der Waals surface area contributed by atoms with Crippen LogP contribution in [-0.2, 0) is 17.9 Å². The van der Waals surface area contributed by atoms with Crippen molar-refractivity contribution in [3.8, 4) is 11.3 Å². The number of fused-ring (bicyclic) bond motifs is 1. The summed E-state index contributed by atoms with van der Waals surface area (Å²) in [5.41, 5.74) is 5.07. The number of benzene rings is 2. The van der Waals surface area contributed by atoms with E-state index in [1.54, 1.807) is 19.5 Å². The highest BCUT2D eigenvalue weighted by atomic mass is 16.5. The Balaban J connectivity index is 1.67. The zero-order valence-electron chi connectivity index (χ0n) is 16.1. The molecule has 0 saturated heterocycles. The van der Waals surface area contributed by atoms with Crippen LogP contribution in [0.1, 0.15) is 21.5 Å². The minimum atomic E-state index is -0.138. The third kappa shape index (κ3) is 4.15. The molecule has 0 aliphatic carbocycles. The van der Waals surface area contributed by atoms with Crippen molar-refractivity contribution in [3.05, 3.63) is 95.8 Å². The molecule has 4 aromatic rings. The van der Waals surface area contributed by atoms with E-state index < -0.39 is 0 Å². The number of nitrogens with zero attached hydrogens (tertiary/aromatic N) is 2. The fraction of sp³-hybridized carbons (Fsp3) is 0.125. The standard InChI is InChI=1S/C24H21N3O2/c1-29-16-19-8-3-2-7-17(19)15-26-24(28)21-13-23(18-9-6-12-25-14-18)27-22-11-5-4-10-20(21)22/h2-14H,15-16H2,1H3,(H,26,28). The van der Waals surface area contributed by atoms with E-state index >= 15 is 0 Å². The monoisotopic (exact) mass is 383 g/mol. The topological polar surface area (TPSA) is 64.1 Å². The Morgan fingerprint density at radius 3 is 2.59 bits per heavy atom. The van der Waals surface area contributed by atoms with Gasteiger partial charge in [0.1, 0.15) is 0 Å². The Morgan fingerprint density at radius 1 is 1.00 bits per heavy atom. The quantitative estimate of drug-likeness (QED) is 0.537. The Kier molecular flexibility index (Phi) is 5.59. The molecule has 5 nitrogen and oxygen atoms in total. The molecule has 29 heavy (non-hydrogen) atoms. The van der Waals surface area contributed by atoms with Crippen molar-refractivity contribution < 1.29 is 9.53 Å². The summed E-state index contributed by atoms with van der Waals surface area (Å²) in [6.45, 7) is 0.937. The second-order valence-corrected chi connectivity index (χ2v) is 6.70. The summed E-state index contributed by atoms with van der Waals surface area (Å²) in [6.07, 6.45) is 3.47. The van der Waals surface area contributed by atoms with Gasteiger partial charge in [-0.2, -0.15) is 0 Å². The van der Waals surface area contributed by atoms with Gasteiger partial charge in [-0.15, -0.1) is 0 Å². The lowest BCUT2D eigenvalue weighted by Gasteiger charge is -2.12. The van der Waals surface area contributed by atoms with Crippen LogP contribution in [0.15, 0.2) is 79.1 Å². The molecule has 0 spiro atoms. The Morgan fingerprint density at radius 2 is 1.79 bits per heavy atom. The molecule has 5 heteroatoms. The molecule has 0 fully saturated rings. The van der Waals surface area contributed by atoms with E-state index in [-0.39, 0.29) is 5.91 Å². The second-order valence-electron chi connectivity index (χ2n) is 6.70. The van der Waals surface area contributed by atoms with Crippen LogP contribution in [0.5, 0.6) is 0 Å². The van der Waals surface area contributed by atoms with E-state index in [2.05, 4.69) is 10.3 Å². The van der Waals surface area contributed by atoms with Gasteiger partial charge in [-0.3, -0.25) is 9.78 Å². The van der Waals surface area contributed by atoms with Crippen molar-refractivity contribution in [2.24, 2.45) is 0 Å². The zero-order chi connectivity index (χ0) is 20.1. The number of amides is 1. The summed E-state index contributed by atoms with van der Waals surface area (Å²) in [4.78, 5) is 22.0. The van der Waals surface area contributed by atoms with Crippen molar-refractivity contribution in [3.63, 3.8) is 0 Å². The van der Waals surface area contributed by atoms with Gasteiger partial charge in [0.05, 0.1) is 23.4 Å². The van der Waals surface area contributed by atoms with Crippen LogP contribution in [0.3, 0.4) is 0 Å². The van der Waals surface area contributed by atoms with Gasteiger partial charge >= 0.3 is 0 Å². The fourth-order valence-corrected chi connectivity index (χ4v) is 3.32. The maximum Gasteiger partial charge on any atom is 0.252 e. The number of hydrogen-bond donors (Lipinski definition) is 1. The Bertz CT molecular complexity index is 1140. The van der Waals surface area contributed by atoms with Gasteiger partial charge in [-0.05, 0) is 35.4 Å². The number of ether oxygens (including phenoxy) is 1. The number of carbonyl (C=O) groups excluding carboxylic acids is 1. The molecule has 0 atom stereocenters. The van der Waals surface area contributed by atoms with Crippen molar-refractivity contribution in [1.82, 2.24) is 15.3 Å². The SMILES string of the molecule is COCc1ccccc1CNC(=O)c1cc(-c2cccnc2)nc2ccccc12. The Labute approximate surface area is 169 Å². The fourth-order valence-electron chi connectivity index (χ4n) is 3.32. The van der Waals surface area contributed by atoms with Crippen LogP contribution in [0.25, 0.3) is 22.2 Å². The van der Waals surface area contributed by atoms with Crippen LogP contribution in [0.2, 0.25) is 0 Å². The number of carbonyl (C=O) groups is 1. The van der Waals surface area contributed by atoms with Gasteiger partial charge in [0.2, 0.25) is 0 Å². The molecule has 0 radical (unpaired) electrons. The molecule has 1 amide bonds. The van der Waals surface area contributed by atoms with E-state index in [0.29, 0.717) is 18.7 Å². The van der Waals surface area contributed by atoms with Gasteiger partial charge in [0, 0.05) is 37.0 Å². The highest BCUT2D eigenvalue weighted by Gasteiger charge is 2.14. The summed E-state index contributed by atoms with van der Waals surface area (Å²) >= 11 is 0. The molecule has 0 aliphatic heterocycles. The molecular weight excluding hydrogens is 362 g/mol. The molecule has 0 unspecified atom stereocenters. The number of rotatable bonds is 6. The lowest BCUT2D eigenvalue weighted by atomic mass is 10.0. The summed E-state index contributed by atoms with van der Waals surface area (Å²) in [5, 5.41) is 3.87. The first-order valence-electron chi connectivity index (χ1n) is 9.40. The van der Waals surface area contributed by atoms with Crippen molar-refractivity contribution in [2.75, 3.05) is 7.11 Å². The van der Waals surface area contributed by atoms with E-state index in [0.717, 1.165) is 33.3 Å². The van der Waals surface area contributed by atoms with Crippen LogP contribution in [-0.4, -0.2) is 23.0 Å². The van der Waals surface area contributed by atoms with Crippen LogP contribution >= 0.6 is 0 Å². The number of para-hydroxylation sites is 1. The number of nitrogens with one attached hydrogen (secondary N) is 1. The number of hydrogen-bond acceptors (Lipinski definition) is 4. The van der Waals surface area contributed by atoms with Crippen molar-refractivity contribution >= 4 is 16.8 Å². The zero-order valence-corrected chi connectivity index (χ0v) is 16.1. The predicted molar refractivity (Wildman–Crippen MR) is 113 cm³/mol. The van der Waals surface area contributed by atoms with Crippen molar-refractivity contribution in [2.45, 2.75) is 13.2 Å². The van der Waals surface area contributed by atoms with Crippen molar-refractivity contribution in [1.29, 1.82) is 0 Å². The number of pyridine rings is 2. The lowest BCUT2D eigenvalue weighted by Crippen LogP contribution is -2.24. The minimum absolute atomic E-state index is 0.138. The maximum atomic E-state index is 13.1. The molecule has 1 N–H and O–H groups in total. The normalized spacial score (nSPS) is 10.8. The van der Waals surface area contributed by atoms with E-state index in [9.17, 15) is 4.79 Å². The molecule has 4 rings (SSSR count). The van der Waals surface area contributed by atoms with E-state index in [1.807, 2.05) is 66.7 Å². The smallest absolute Gasteiger partial charge is 0.252 e. The first-order chi connectivity index (χ1) is 14.3. The second kappa shape index (κ2) is 8.63. The molecule has 0 saturated carbocycles. The molecule has 2 heterocycles. The van der Waals surface area contributed by atoms with Gasteiger partial charge in [0.15, 0.2) is 0 Å². The maximum absolute atomic E-state index is 13.1. The lowest BCUT2D eigenvalue weighted by molar-refractivity contribution is 0.0952. The number of aromatic nitrogens is 2. The van der Waals surface area contributed by atoms with E-state index in [4.69, 9.17) is 9.72 Å². The van der Waals surface area contributed by atoms with Gasteiger partial charge in [-0.1, -0.05) is 42.5 Å². The average Bonchev–Trinajstić information content (AvgIpc) is 2.78. The summed E-state index contributed by atoms with van der Waals surface area (Å²) in [5.74, 6) is -0.138. The summed E-state index contributed by atoms with van der Waals surface area (Å²) in [6, 6.07) is 21.2. The third-order valence-electron chi connectivity index (χ3n) is 4.78. The molecule has 144 valence electrons. The Hall–Kier alpha value is -3.57. The summed E-state index contributed by atoms with van der Waals surface area (Å²) < 4.78 is 5.26. The van der Waals surface area contributed by atoms with Gasteiger partial charge in [-0.25, -0.2) is 4.98 Å². The first-order valence-corrected chi connectivity index (χ1v) is 9.40. The van der Waals surface area contributed by atoms with Crippen LogP contribution in [0, 0.1) is 0 Å². The highest BCUT2D eigenvalue weighted by Crippen LogP contribution is 2.24. The molecule has 2 aromatic heterocycles. The van der Waals surface area contributed by atoms with Crippen LogP contribution in [0.4, 0.5) is 0 Å². The van der Waals surface area contributed by atoms with Gasteiger partial charge < -0.3 is 10.1 Å². The minimum Gasteiger partial charge on any atom is -0.380 e. The summed E-state index contributed by atoms with van der Waals surface area (Å²) in [7, 11) is 1.67. The molecule has 2 aromatic carbocycles. The van der Waals surface area contributed by atoms with Gasteiger partial charge in [0.25, 0.3) is 5.91 Å². The van der Waals surface area contributed by atoms with E-state index in [1.165, 1.54) is 0 Å². The third-order valence-corrected chi connectivity index (χ3v) is 4.78. The molecular formula is C24H21N3O2. The predicted octanol–water partition coefficient (Wildman–Crippen LogP) is 4.37. The first kappa shape index (κ1) is 18.8.